The van der Waals surface area contributed by atoms with Crippen LogP contribution in [0.5, 0.6) is 0 Å². The number of nitrogens with one attached hydrogen (secondary N) is 2. The number of aryl methyl sites for hydroxylation is 1. The van der Waals surface area contributed by atoms with Crippen LogP contribution < -0.4 is 10.6 Å². The smallest absolute Gasteiger partial charge is 0.263 e. The summed E-state index contributed by atoms with van der Waals surface area (Å²) in [5.41, 5.74) is 1.37. The molecule has 2 aromatic heterocycles. The monoisotopic (exact) mass is 374 g/mol. The highest BCUT2D eigenvalue weighted by Gasteiger charge is 2.18. The fraction of sp³-hybridized carbons (Fsp3) is 0.167. The van der Waals surface area contributed by atoms with Gasteiger partial charge in [0.05, 0.1) is 17.9 Å². The van der Waals surface area contributed by atoms with Crippen molar-refractivity contribution in [3.05, 3.63) is 70.4 Å². The third kappa shape index (κ3) is 4.20. The fourth-order valence-corrected chi connectivity index (χ4v) is 3.19. The number of benzene rings is 1. The van der Waals surface area contributed by atoms with Crippen LogP contribution in [0.4, 0.5) is 19.7 Å². The van der Waals surface area contributed by atoms with Gasteiger partial charge in [-0.2, -0.15) is 0 Å². The van der Waals surface area contributed by atoms with E-state index in [1.807, 2.05) is 6.92 Å². The topological polar surface area (TPSA) is 66.9 Å². The van der Waals surface area contributed by atoms with E-state index in [1.54, 1.807) is 19.1 Å². The van der Waals surface area contributed by atoms with E-state index in [4.69, 9.17) is 0 Å². The number of hydrogen-bond acceptors (Lipinski definition) is 5. The second-order valence-corrected chi connectivity index (χ2v) is 6.67. The summed E-state index contributed by atoms with van der Waals surface area (Å²) in [5, 5.41) is 6.31. The summed E-state index contributed by atoms with van der Waals surface area (Å²) in [6.07, 6.45) is 1.10. The first-order chi connectivity index (χ1) is 12.4. The minimum atomic E-state index is -0.430. The number of amides is 1. The molecule has 0 aliphatic carbocycles. The molecule has 0 aliphatic heterocycles. The summed E-state index contributed by atoms with van der Waals surface area (Å²) in [6, 6.07) is 8.47. The number of carbonyl (C=O) groups is 1. The van der Waals surface area contributed by atoms with E-state index in [0.29, 0.717) is 21.5 Å². The molecule has 0 unspecified atom stereocenters. The number of carbonyl (C=O) groups excluding carboxylic acids is 1. The lowest BCUT2D eigenvalue weighted by atomic mass is 10.1. The first-order valence-corrected chi connectivity index (χ1v) is 8.66. The molecule has 0 radical (unpaired) electrons. The molecule has 1 atom stereocenters. The van der Waals surface area contributed by atoms with Gasteiger partial charge in [0.15, 0.2) is 5.13 Å². The Morgan fingerprint density at radius 1 is 1.12 bits per heavy atom. The Kier molecular flexibility index (Phi) is 5.22. The van der Waals surface area contributed by atoms with E-state index < -0.39 is 5.82 Å². The molecule has 0 bridgehead atoms. The first kappa shape index (κ1) is 17.9. The van der Waals surface area contributed by atoms with Gasteiger partial charge in [-0.15, -0.1) is 0 Å². The lowest BCUT2D eigenvalue weighted by molar-refractivity contribution is 0.0943. The molecule has 1 aromatic carbocycles. The van der Waals surface area contributed by atoms with E-state index in [1.165, 1.54) is 35.6 Å². The van der Waals surface area contributed by atoms with Gasteiger partial charge in [0.1, 0.15) is 22.3 Å². The van der Waals surface area contributed by atoms with Crippen molar-refractivity contribution >= 4 is 28.2 Å². The molecular formula is C18H16F2N4OS. The van der Waals surface area contributed by atoms with E-state index in [-0.39, 0.29) is 17.8 Å². The lowest BCUT2D eigenvalue weighted by Gasteiger charge is -2.13. The Hall–Kier alpha value is -2.87. The van der Waals surface area contributed by atoms with Gasteiger partial charge >= 0.3 is 0 Å². The van der Waals surface area contributed by atoms with Crippen LogP contribution >= 0.6 is 11.3 Å². The number of thiazole rings is 1. The van der Waals surface area contributed by atoms with Crippen molar-refractivity contribution in [3.8, 4) is 0 Å². The van der Waals surface area contributed by atoms with Gasteiger partial charge in [-0.25, -0.2) is 18.7 Å². The zero-order valence-corrected chi connectivity index (χ0v) is 14.9. The standard InChI is InChI=1S/C18H16F2N4OS/c1-10(12-3-5-13(19)6-4-12)22-17(25)16-11(2)23-18(26-16)24-15-8-7-14(20)9-21-15/h3-10H,1-2H3,(H,22,25)(H,21,23,24)/t10-/m1/s1. The average Bonchev–Trinajstić information content (AvgIpc) is 2.98. The summed E-state index contributed by atoms with van der Waals surface area (Å²) in [7, 11) is 0. The molecule has 5 nitrogen and oxygen atoms in total. The normalized spacial score (nSPS) is 11.8. The van der Waals surface area contributed by atoms with Gasteiger partial charge in [0.25, 0.3) is 5.91 Å². The van der Waals surface area contributed by atoms with Crippen molar-refractivity contribution in [2.24, 2.45) is 0 Å². The van der Waals surface area contributed by atoms with Gasteiger partial charge in [-0.3, -0.25) is 4.79 Å². The van der Waals surface area contributed by atoms with Crippen molar-refractivity contribution in [1.29, 1.82) is 0 Å². The molecule has 0 saturated carbocycles. The molecule has 8 heteroatoms. The zero-order chi connectivity index (χ0) is 18.7. The predicted octanol–water partition coefficient (Wildman–Crippen LogP) is 4.36. The Morgan fingerprint density at radius 2 is 1.81 bits per heavy atom. The van der Waals surface area contributed by atoms with Crippen LogP contribution in [0.25, 0.3) is 0 Å². The van der Waals surface area contributed by atoms with Crippen molar-refractivity contribution in [2.45, 2.75) is 19.9 Å². The Morgan fingerprint density at radius 3 is 2.46 bits per heavy atom. The second-order valence-electron chi connectivity index (χ2n) is 5.67. The number of halogens is 2. The largest absolute Gasteiger partial charge is 0.345 e. The Labute approximate surface area is 153 Å². The van der Waals surface area contributed by atoms with Crippen LogP contribution in [0.3, 0.4) is 0 Å². The molecule has 0 fully saturated rings. The highest BCUT2D eigenvalue weighted by atomic mass is 32.1. The van der Waals surface area contributed by atoms with Gasteiger partial charge in [0, 0.05) is 0 Å². The van der Waals surface area contributed by atoms with E-state index in [2.05, 4.69) is 20.6 Å². The van der Waals surface area contributed by atoms with Crippen molar-refractivity contribution in [2.75, 3.05) is 5.32 Å². The van der Waals surface area contributed by atoms with Crippen molar-refractivity contribution in [1.82, 2.24) is 15.3 Å². The highest BCUT2D eigenvalue weighted by molar-refractivity contribution is 7.17. The molecule has 26 heavy (non-hydrogen) atoms. The van der Waals surface area contributed by atoms with E-state index >= 15 is 0 Å². The van der Waals surface area contributed by atoms with Gasteiger partial charge in [-0.05, 0) is 43.7 Å². The minimum Gasteiger partial charge on any atom is -0.345 e. The summed E-state index contributed by atoms with van der Waals surface area (Å²) in [6.45, 7) is 3.56. The Bertz CT molecular complexity index is 910. The third-order valence-corrected chi connectivity index (χ3v) is 4.75. The van der Waals surface area contributed by atoms with E-state index in [9.17, 15) is 13.6 Å². The van der Waals surface area contributed by atoms with Gasteiger partial charge < -0.3 is 10.6 Å². The average molecular weight is 374 g/mol. The quantitative estimate of drug-likeness (QED) is 0.696. The molecular weight excluding hydrogens is 358 g/mol. The van der Waals surface area contributed by atoms with Gasteiger partial charge in [0.2, 0.25) is 0 Å². The van der Waals surface area contributed by atoms with Gasteiger partial charge in [-0.1, -0.05) is 23.5 Å². The van der Waals surface area contributed by atoms with E-state index in [0.717, 1.165) is 11.8 Å². The van der Waals surface area contributed by atoms with Crippen LogP contribution in [0.2, 0.25) is 0 Å². The molecule has 0 spiro atoms. The molecule has 2 heterocycles. The summed E-state index contributed by atoms with van der Waals surface area (Å²) < 4.78 is 25.9. The SMILES string of the molecule is Cc1nc(Nc2ccc(F)cn2)sc1C(=O)N[C@H](C)c1ccc(F)cc1. The van der Waals surface area contributed by atoms with Crippen molar-refractivity contribution < 1.29 is 13.6 Å². The molecule has 134 valence electrons. The molecule has 0 saturated heterocycles. The maximum atomic E-state index is 13.0. The lowest BCUT2D eigenvalue weighted by Crippen LogP contribution is -2.26. The molecule has 2 N–H and O–H groups in total. The second kappa shape index (κ2) is 7.57. The van der Waals surface area contributed by atoms with Crippen molar-refractivity contribution in [3.63, 3.8) is 0 Å². The third-order valence-electron chi connectivity index (χ3n) is 3.68. The fourth-order valence-electron chi connectivity index (χ4n) is 2.32. The summed E-state index contributed by atoms with van der Waals surface area (Å²) in [4.78, 5) is 21.2. The predicted molar refractivity (Wildman–Crippen MR) is 96.6 cm³/mol. The number of pyridine rings is 1. The maximum Gasteiger partial charge on any atom is 0.263 e. The summed E-state index contributed by atoms with van der Waals surface area (Å²) >= 11 is 1.18. The van der Waals surface area contributed by atoms with Crippen LogP contribution in [-0.4, -0.2) is 15.9 Å². The first-order valence-electron chi connectivity index (χ1n) is 7.84. The Balaban J connectivity index is 1.70. The van der Waals surface area contributed by atoms with Crippen LogP contribution in [0.1, 0.15) is 33.9 Å². The molecule has 3 aromatic rings. The number of nitrogens with zero attached hydrogens (tertiary/aromatic N) is 2. The summed E-state index contributed by atoms with van der Waals surface area (Å²) in [5.74, 6) is -0.583. The van der Waals surface area contributed by atoms with Crippen LogP contribution in [-0.2, 0) is 0 Å². The number of anilines is 2. The molecule has 0 aliphatic rings. The maximum absolute atomic E-state index is 13.0. The minimum absolute atomic E-state index is 0.267. The molecule has 1 amide bonds. The van der Waals surface area contributed by atoms with Crippen LogP contribution in [0.15, 0.2) is 42.6 Å². The zero-order valence-electron chi connectivity index (χ0n) is 14.1. The highest BCUT2D eigenvalue weighted by Crippen LogP contribution is 2.26. The number of aromatic nitrogens is 2. The van der Waals surface area contributed by atoms with Crippen LogP contribution in [0, 0.1) is 18.6 Å². The molecule has 3 rings (SSSR count). The number of hydrogen-bond donors (Lipinski definition) is 2. The number of rotatable bonds is 5.